The molecule has 3 nitrogen and oxygen atoms in total. The first-order valence-electron chi connectivity index (χ1n) is 6.93. The summed E-state index contributed by atoms with van der Waals surface area (Å²) in [4.78, 5) is 0. The first kappa shape index (κ1) is 13.7. The number of hydrogen-bond donors (Lipinski definition) is 1. The normalized spacial score (nSPS) is 14.7. The van der Waals surface area contributed by atoms with Crippen LogP contribution in [0.15, 0.2) is 40.8 Å². The molecule has 1 heterocycles. The van der Waals surface area contributed by atoms with Crippen LogP contribution in [0, 0.1) is 0 Å². The molecule has 0 spiro atoms. The molecule has 1 aliphatic rings. The Morgan fingerprint density at radius 1 is 1.05 bits per heavy atom. The summed E-state index contributed by atoms with van der Waals surface area (Å²) in [5.41, 5.74) is 1.11. The van der Waals surface area contributed by atoms with Crippen molar-refractivity contribution in [1.82, 2.24) is 5.32 Å². The summed E-state index contributed by atoms with van der Waals surface area (Å²) >= 11 is 5.84. The Morgan fingerprint density at radius 2 is 1.80 bits per heavy atom. The second-order valence-electron chi connectivity index (χ2n) is 5.14. The summed E-state index contributed by atoms with van der Waals surface area (Å²) < 4.78 is 11.3. The summed E-state index contributed by atoms with van der Waals surface area (Å²) in [5.74, 6) is 1.84. The van der Waals surface area contributed by atoms with Crippen molar-refractivity contribution in [1.29, 1.82) is 0 Å². The highest BCUT2D eigenvalue weighted by molar-refractivity contribution is 6.30. The smallest absolute Gasteiger partial charge is 0.129 e. The van der Waals surface area contributed by atoms with E-state index in [1.807, 2.05) is 36.4 Å². The van der Waals surface area contributed by atoms with E-state index in [9.17, 15) is 0 Å². The van der Waals surface area contributed by atoms with E-state index in [4.69, 9.17) is 20.8 Å². The molecule has 3 rings (SSSR count). The minimum atomic E-state index is 0.492. The number of ether oxygens (including phenoxy) is 1. The molecule has 4 heteroatoms. The van der Waals surface area contributed by atoms with E-state index < -0.39 is 0 Å². The van der Waals surface area contributed by atoms with Crippen LogP contribution < -0.4 is 5.32 Å². The van der Waals surface area contributed by atoms with Gasteiger partial charge < -0.3 is 14.5 Å². The number of halogens is 1. The summed E-state index contributed by atoms with van der Waals surface area (Å²) in [7, 11) is 0. The van der Waals surface area contributed by atoms with Gasteiger partial charge in [-0.05, 0) is 42.7 Å². The van der Waals surface area contributed by atoms with Crippen molar-refractivity contribution in [2.24, 2.45) is 0 Å². The Kier molecular flexibility index (Phi) is 4.41. The highest BCUT2D eigenvalue weighted by Gasteiger charge is 2.20. The zero-order valence-corrected chi connectivity index (χ0v) is 12.0. The summed E-state index contributed by atoms with van der Waals surface area (Å²) in [6.45, 7) is 1.86. The number of hydrogen-bond acceptors (Lipinski definition) is 3. The Balaban J connectivity index is 1.42. The SMILES string of the molecule is Clc1ccc(COCc2ccc(CNC3CC3)o2)cc1. The molecule has 1 aromatic carbocycles. The van der Waals surface area contributed by atoms with Crippen molar-refractivity contribution in [3.05, 3.63) is 58.5 Å². The molecule has 1 aromatic heterocycles. The fourth-order valence-corrected chi connectivity index (χ4v) is 2.10. The molecule has 0 aliphatic heterocycles. The first-order valence-corrected chi connectivity index (χ1v) is 7.30. The van der Waals surface area contributed by atoms with Crippen molar-refractivity contribution < 1.29 is 9.15 Å². The predicted octanol–water partition coefficient (Wildman–Crippen LogP) is 3.90. The van der Waals surface area contributed by atoms with Crippen LogP contribution in [0.5, 0.6) is 0 Å². The van der Waals surface area contributed by atoms with Crippen LogP contribution in [0.4, 0.5) is 0 Å². The van der Waals surface area contributed by atoms with Gasteiger partial charge in [-0.25, -0.2) is 0 Å². The lowest BCUT2D eigenvalue weighted by atomic mass is 10.2. The fourth-order valence-electron chi connectivity index (χ4n) is 1.98. The van der Waals surface area contributed by atoms with Crippen molar-refractivity contribution in [3.63, 3.8) is 0 Å². The molecule has 2 aromatic rings. The number of benzene rings is 1. The van der Waals surface area contributed by atoms with E-state index in [-0.39, 0.29) is 0 Å². The number of nitrogens with one attached hydrogen (secondary N) is 1. The average molecular weight is 292 g/mol. The summed E-state index contributed by atoms with van der Waals surface area (Å²) in [6, 6.07) is 12.4. The monoisotopic (exact) mass is 291 g/mol. The molecule has 106 valence electrons. The number of furan rings is 1. The molecule has 1 fully saturated rings. The molecule has 0 atom stereocenters. The van der Waals surface area contributed by atoms with Crippen LogP contribution in [0.2, 0.25) is 5.02 Å². The van der Waals surface area contributed by atoms with Gasteiger partial charge in [0.05, 0.1) is 13.2 Å². The van der Waals surface area contributed by atoms with Gasteiger partial charge in [-0.2, -0.15) is 0 Å². The third-order valence-electron chi connectivity index (χ3n) is 3.29. The Labute approximate surface area is 123 Å². The van der Waals surface area contributed by atoms with E-state index in [0.717, 1.165) is 28.7 Å². The van der Waals surface area contributed by atoms with Gasteiger partial charge >= 0.3 is 0 Å². The quantitative estimate of drug-likeness (QED) is 0.840. The zero-order chi connectivity index (χ0) is 13.8. The van der Waals surface area contributed by atoms with Gasteiger partial charge in [0.1, 0.15) is 18.1 Å². The van der Waals surface area contributed by atoms with Gasteiger partial charge in [-0.15, -0.1) is 0 Å². The van der Waals surface area contributed by atoms with Crippen molar-refractivity contribution in [2.45, 2.75) is 38.6 Å². The van der Waals surface area contributed by atoms with E-state index in [1.165, 1.54) is 12.8 Å². The Bertz CT molecular complexity index is 546. The minimum absolute atomic E-state index is 0.492. The fraction of sp³-hybridized carbons (Fsp3) is 0.375. The molecule has 0 unspecified atom stereocenters. The van der Waals surface area contributed by atoms with Crippen LogP contribution >= 0.6 is 11.6 Å². The van der Waals surface area contributed by atoms with Crippen LogP contribution in [0.3, 0.4) is 0 Å². The molecular weight excluding hydrogens is 274 g/mol. The Morgan fingerprint density at radius 3 is 2.55 bits per heavy atom. The highest BCUT2D eigenvalue weighted by atomic mass is 35.5. The van der Waals surface area contributed by atoms with E-state index in [1.54, 1.807) is 0 Å². The lowest BCUT2D eigenvalue weighted by Crippen LogP contribution is -2.14. The molecule has 0 amide bonds. The zero-order valence-electron chi connectivity index (χ0n) is 11.3. The molecule has 0 bridgehead atoms. The predicted molar refractivity (Wildman–Crippen MR) is 78.5 cm³/mol. The summed E-state index contributed by atoms with van der Waals surface area (Å²) in [5, 5.41) is 4.17. The Hall–Kier alpha value is -1.29. The molecular formula is C16H18ClNO2. The van der Waals surface area contributed by atoms with E-state index in [2.05, 4.69) is 5.32 Å². The van der Waals surface area contributed by atoms with Crippen LogP contribution in [-0.4, -0.2) is 6.04 Å². The molecule has 1 aliphatic carbocycles. The van der Waals surface area contributed by atoms with Crippen molar-refractivity contribution in [3.8, 4) is 0 Å². The molecule has 0 radical (unpaired) electrons. The van der Waals surface area contributed by atoms with Gasteiger partial charge in [-0.3, -0.25) is 0 Å². The highest BCUT2D eigenvalue weighted by Crippen LogP contribution is 2.20. The lowest BCUT2D eigenvalue weighted by molar-refractivity contribution is 0.0920. The van der Waals surface area contributed by atoms with Crippen LogP contribution in [0.25, 0.3) is 0 Å². The first-order chi connectivity index (χ1) is 9.79. The van der Waals surface area contributed by atoms with E-state index in [0.29, 0.717) is 19.3 Å². The second-order valence-corrected chi connectivity index (χ2v) is 5.58. The third kappa shape index (κ3) is 4.10. The maximum absolute atomic E-state index is 5.84. The van der Waals surface area contributed by atoms with Crippen LogP contribution in [-0.2, 0) is 24.5 Å². The molecule has 20 heavy (non-hydrogen) atoms. The van der Waals surface area contributed by atoms with Gasteiger partial charge in [-0.1, -0.05) is 23.7 Å². The van der Waals surface area contributed by atoms with Crippen LogP contribution in [0.1, 0.15) is 29.9 Å². The van der Waals surface area contributed by atoms with Gasteiger partial charge in [0.2, 0.25) is 0 Å². The van der Waals surface area contributed by atoms with Gasteiger partial charge in [0.15, 0.2) is 0 Å². The van der Waals surface area contributed by atoms with E-state index >= 15 is 0 Å². The maximum atomic E-state index is 5.84. The molecule has 1 saturated carbocycles. The van der Waals surface area contributed by atoms with Crippen molar-refractivity contribution >= 4 is 11.6 Å². The summed E-state index contributed by atoms with van der Waals surface area (Å²) in [6.07, 6.45) is 2.58. The van der Waals surface area contributed by atoms with Gasteiger partial charge in [0, 0.05) is 11.1 Å². The molecule has 1 N–H and O–H groups in total. The maximum Gasteiger partial charge on any atom is 0.129 e. The van der Waals surface area contributed by atoms with Gasteiger partial charge in [0.25, 0.3) is 0 Å². The standard InChI is InChI=1S/C16H18ClNO2/c17-13-3-1-12(2-4-13)10-19-11-16-8-7-15(20-16)9-18-14-5-6-14/h1-4,7-8,14,18H,5-6,9-11H2. The lowest BCUT2D eigenvalue weighted by Gasteiger charge is -2.03. The van der Waals surface area contributed by atoms with Crippen molar-refractivity contribution in [2.75, 3.05) is 0 Å². The molecule has 0 saturated heterocycles. The number of rotatable bonds is 7. The average Bonchev–Trinajstić information content (AvgIpc) is 3.18. The largest absolute Gasteiger partial charge is 0.462 e. The minimum Gasteiger partial charge on any atom is -0.462 e. The second kappa shape index (κ2) is 6.44. The topological polar surface area (TPSA) is 34.4 Å². The third-order valence-corrected chi connectivity index (χ3v) is 3.54.